The molecule has 5 heteroatoms. The van der Waals surface area contributed by atoms with Crippen LogP contribution in [-0.4, -0.2) is 54.4 Å². The van der Waals surface area contributed by atoms with Crippen molar-refractivity contribution in [2.75, 3.05) is 27.4 Å². The highest BCUT2D eigenvalue weighted by atomic mass is 16.7. The number of nitrogens with zero attached hydrogens (tertiary/aromatic N) is 2. The van der Waals surface area contributed by atoms with Crippen LogP contribution in [0.1, 0.15) is 25.3 Å². The number of aromatic hydroxyl groups is 1. The van der Waals surface area contributed by atoms with Crippen LogP contribution in [0.15, 0.2) is 12.1 Å². The van der Waals surface area contributed by atoms with Gasteiger partial charge in [-0.2, -0.15) is 0 Å². The summed E-state index contributed by atoms with van der Waals surface area (Å²) in [6.45, 7) is 4.37. The highest BCUT2D eigenvalue weighted by Crippen LogP contribution is 2.38. The molecule has 1 N–H and O–H groups in total. The zero-order chi connectivity index (χ0) is 15.0. The molecule has 0 saturated carbocycles. The van der Waals surface area contributed by atoms with Crippen molar-refractivity contribution >= 4 is 0 Å². The third-order valence-electron chi connectivity index (χ3n) is 4.80. The van der Waals surface area contributed by atoms with E-state index in [1.54, 1.807) is 6.07 Å². The Hall–Kier alpha value is -1.46. The SMILES string of the molecule is CC1CC(N(C)Cc2cc3c(cc2O)OCO3)CCN1C. The molecule has 0 spiro atoms. The van der Waals surface area contributed by atoms with Crippen LogP contribution in [0.3, 0.4) is 0 Å². The van der Waals surface area contributed by atoms with Gasteiger partial charge in [0.05, 0.1) is 0 Å². The lowest BCUT2D eigenvalue weighted by Crippen LogP contribution is -2.46. The van der Waals surface area contributed by atoms with E-state index in [-0.39, 0.29) is 12.5 Å². The van der Waals surface area contributed by atoms with Gasteiger partial charge in [0.15, 0.2) is 11.5 Å². The summed E-state index contributed by atoms with van der Waals surface area (Å²) >= 11 is 0. The Morgan fingerprint density at radius 2 is 2.05 bits per heavy atom. The van der Waals surface area contributed by atoms with E-state index >= 15 is 0 Å². The first-order valence-electron chi connectivity index (χ1n) is 7.56. The molecule has 0 aromatic heterocycles. The van der Waals surface area contributed by atoms with Gasteiger partial charge in [0, 0.05) is 30.3 Å². The Labute approximate surface area is 126 Å². The number of phenolic OH excluding ortho intramolecular Hbond substituents is 1. The molecule has 1 aromatic carbocycles. The van der Waals surface area contributed by atoms with E-state index in [0.29, 0.717) is 17.8 Å². The van der Waals surface area contributed by atoms with Gasteiger partial charge in [-0.15, -0.1) is 0 Å². The van der Waals surface area contributed by atoms with Crippen LogP contribution in [0.2, 0.25) is 0 Å². The number of benzene rings is 1. The molecule has 2 heterocycles. The highest BCUT2D eigenvalue weighted by molar-refractivity contribution is 5.51. The van der Waals surface area contributed by atoms with Gasteiger partial charge in [-0.25, -0.2) is 0 Å². The molecule has 1 saturated heterocycles. The van der Waals surface area contributed by atoms with Crippen molar-refractivity contribution < 1.29 is 14.6 Å². The van der Waals surface area contributed by atoms with Gasteiger partial charge in [0.25, 0.3) is 0 Å². The van der Waals surface area contributed by atoms with E-state index in [4.69, 9.17) is 9.47 Å². The molecule has 21 heavy (non-hydrogen) atoms. The van der Waals surface area contributed by atoms with Crippen LogP contribution < -0.4 is 9.47 Å². The number of piperidine rings is 1. The standard InChI is InChI=1S/C16H24N2O3/c1-11-6-13(4-5-17(11)2)18(3)9-12-7-15-16(8-14(12)19)21-10-20-15/h7-8,11,13,19H,4-6,9-10H2,1-3H3. The Balaban J connectivity index is 1.69. The molecule has 116 valence electrons. The predicted molar refractivity (Wildman–Crippen MR) is 80.8 cm³/mol. The van der Waals surface area contributed by atoms with Gasteiger partial charge < -0.3 is 19.5 Å². The van der Waals surface area contributed by atoms with Crippen molar-refractivity contribution in [2.24, 2.45) is 0 Å². The van der Waals surface area contributed by atoms with Crippen LogP contribution >= 0.6 is 0 Å². The molecule has 0 bridgehead atoms. The molecule has 2 atom stereocenters. The van der Waals surface area contributed by atoms with E-state index in [9.17, 15) is 5.11 Å². The maximum Gasteiger partial charge on any atom is 0.231 e. The topological polar surface area (TPSA) is 45.2 Å². The van der Waals surface area contributed by atoms with Gasteiger partial charge in [0.1, 0.15) is 5.75 Å². The summed E-state index contributed by atoms with van der Waals surface area (Å²) in [5.41, 5.74) is 0.897. The second kappa shape index (κ2) is 5.73. The number of fused-ring (bicyclic) bond motifs is 1. The van der Waals surface area contributed by atoms with Crippen molar-refractivity contribution in [1.29, 1.82) is 0 Å². The maximum atomic E-state index is 10.1. The van der Waals surface area contributed by atoms with Gasteiger partial charge in [-0.1, -0.05) is 0 Å². The van der Waals surface area contributed by atoms with Gasteiger partial charge >= 0.3 is 0 Å². The largest absolute Gasteiger partial charge is 0.507 e. The van der Waals surface area contributed by atoms with Crippen molar-refractivity contribution in [1.82, 2.24) is 9.80 Å². The van der Waals surface area contributed by atoms with Gasteiger partial charge in [0.2, 0.25) is 6.79 Å². The highest BCUT2D eigenvalue weighted by Gasteiger charge is 2.26. The number of likely N-dealkylation sites (tertiary alicyclic amines) is 1. The lowest BCUT2D eigenvalue weighted by Gasteiger charge is -2.39. The predicted octanol–water partition coefficient (Wildman–Crippen LogP) is 2.04. The smallest absolute Gasteiger partial charge is 0.231 e. The Bertz CT molecular complexity index is 520. The lowest BCUT2D eigenvalue weighted by molar-refractivity contribution is 0.100. The lowest BCUT2D eigenvalue weighted by atomic mass is 9.97. The van der Waals surface area contributed by atoms with E-state index < -0.39 is 0 Å². The molecule has 3 rings (SSSR count). The summed E-state index contributed by atoms with van der Waals surface area (Å²) in [6.07, 6.45) is 2.33. The fourth-order valence-electron chi connectivity index (χ4n) is 3.16. The molecule has 0 amide bonds. The molecule has 0 radical (unpaired) electrons. The summed E-state index contributed by atoms with van der Waals surface area (Å²) in [5, 5.41) is 10.1. The first-order valence-corrected chi connectivity index (χ1v) is 7.56. The third kappa shape index (κ3) is 2.94. The Morgan fingerprint density at radius 3 is 2.76 bits per heavy atom. The minimum absolute atomic E-state index is 0.237. The van der Waals surface area contributed by atoms with Crippen LogP contribution in [0.4, 0.5) is 0 Å². The summed E-state index contributed by atoms with van der Waals surface area (Å²) in [4.78, 5) is 4.74. The summed E-state index contributed by atoms with van der Waals surface area (Å²) in [6, 6.07) is 4.72. The molecule has 2 aliphatic heterocycles. The average Bonchev–Trinajstić information content (AvgIpc) is 2.89. The maximum absolute atomic E-state index is 10.1. The fraction of sp³-hybridized carbons (Fsp3) is 0.625. The van der Waals surface area contributed by atoms with Crippen molar-refractivity contribution in [2.45, 2.75) is 38.4 Å². The van der Waals surface area contributed by atoms with Crippen LogP contribution in [0.5, 0.6) is 17.2 Å². The van der Waals surface area contributed by atoms with E-state index in [0.717, 1.165) is 30.8 Å². The molecule has 1 aromatic rings. The van der Waals surface area contributed by atoms with Crippen molar-refractivity contribution in [3.63, 3.8) is 0 Å². The zero-order valence-corrected chi connectivity index (χ0v) is 13.0. The molecular formula is C16H24N2O3. The van der Waals surface area contributed by atoms with E-state index in [1.165, 1.54) is 6.42 Å². The molecular weight excluding hydrogens is 268 g/mol. The third-order valence-corrected chi connectivity index (χ3v) is 4.80. The molecule has 2 unspecified atom stereocenters. The number of phenols is 1. The summed E-state index contributed by atoms with van der Waals surface area (Å²) in [7, 11) is 4.32. The number of ether oxygens (including phenoxy) is 2. The monoisotopic (exact) mass is 292 g/mol. The summed E-state index contributed by atoms with van der Waals surface area (Å²) in [5.74, 6) is 1.65. The normalized spacial score (nSPS) is 25.5. The number of hydrogen-bond acceptors (Lipinski definition) is 5. The second-order valence-corrected chi connectivity index (χ2v) is 6.26. The van der Waals surface area contributed by atoms with Crippen LogP contribution in [0, 0.1) is 0 Å². The average molecular weight is 292 g/mol. The molecule has 5 nitrogen and oxygen atoms in total. The Kier molecular flexibility index (Phi) is 3.95. The molecule has 0 aliphatic carbocycles. The molecule has 2 aliphatic rings. The van der Waals surface area contributed by atoms with Crippen molar-refractivity contribution in [3.05, 3.63) is 17.7 Å². The quantitative estimate of drug-likeness (QED) is 0.923. The van der Waals surface area contributed by atoms with Crippen LogP contribution in [0.25, 0.3) is 0 Å². The molecule has 1 fully saturated rings. The van der Waals surface area contributed by atoms with Gasteiger partial charge in [-0.05, 0) is 46.5 Å². The fourth-order valence-corrected chi connectivity index (χ4v) is 3.16. The Morgan fingerprint density at radius 1 is 1.33 bits per heavy atom. The minimum atomic E-state index is 0.237. The van der Waals surface area contributed by atoms with Crippen LogP contribution in [-0.2, 0) is 6.54 Å². The number of hydrogen-bond donors (Lipinski definition) is 1. The first kappa shape index (κ1) is 14.5. The zero-order valence-electron chi connectivity index (χ0n) is 13.0. The van der Waals surface area contributed by atoms with E-state index in [1.807, 2.05) is 6.07 Å². The summed E-state index contributed by atoms with van der Waals surface area (Å²) < 4.78 is 10.7. The second-order valence-electron chi connectivity index (χ2n) is 6.26. The van der Waals surface area contributed by atoms with E-state index in [2.05, 4.69) is 30.8 Å². The minimum Gasteiger partial charge on any atom is -0.507 e. The van der Waals surface area contributed by atoms with Gasteiger partial charge in [-0.3, -0.25) is 4.90 Å². The number of rotatable bonds is 3. The van der Waals surface area contributed by atoms with Crippen molar-refractivity contribution in [3.8, 4) is 17.2 Å². The first-order chi connectivity index (χ1) is 10.0.